The van der Waals surface area contributed by atoms with Crippen molar-refractivity contribution >= 4 is 38.7 Å². The Hall–Kier alpha value is -3.73. The Bertz CT molecular complexity index is 1330. The minimum Gasteiger partial charge on any atom is -0.506 e. The number of aromatic hydroxyl groups is 1. The van der Waals surface area contributed by atoms with Gasteiger partial charge in [-0.2, -0.15) is 0 Å². The molecular formula is C21H14N2O3. The largest absolute Gasteiger partial charge is 0.506 e. The van der Waals surface area contributed by atoms with Crippen LogP contribution in [0.15, 0.2) is 60.8 Å². The summed E-state index contributed by atoms with van der Waals surface area (Å²) in [6, 6.07) is 17.0. The van der Waals surface area contributed by atoms with E-state index in [1.165, 1.54) is 6.07 Å². The molecule has 0 bridgehead atoms. The molecule has 0 saturated carbocycles. The average molecular weight is 342 g/mol. The lowest BCUT2D eigenvalue weighted by Crippen LogP contribution is -1.98. The molecule has 0 amide bonds. The Morgan fingerprint density at radius 3 is 2.35 bits per heavy atom. The molecule has 3 aromatic carbocycles. The number of aromatic amines is 2. The zero-order chi connectivity index (χ0) is 17.8. The van der Waals surface area contributed by atoms with E-state index in [-0.39, 0.29) is 11.3 Å². The van der Waals surface area contributed by atoms with E-state index >= 15 is 0 Å². The zero-order valence-corrected chi connectivity index (χ0v) is 13.6. The maximum absolute atomic E-state index is 11.7. The summed E-state index contributed by atoms with van der Waals surface area (Å²) in [6.45, 7) is 0. The highest BCUT2D eigenvalue weighted by molar-refractivity contribution is 6.18. The Morgan fingerprint density at radius 2 is 1.58 bits per heavy atom. The summed E-state index contributed by atoms with van der Waals surface area (Å²) in [5.74, 6) is -1.39. The molecule has 5 nitrogen and oxygen atoms in total. The molecule has 0 unspecified atom stereocenters. The number of aromatic nitrogens is 2. The first kappa shape index (κ1) is 14.6. The second-order valence-electron chi connectivity index (χ2n) is 6.29. The Kier molecular flexibility index (Phi) is 2.88. The van der Waals surface area contributed by atoms with E-state index in [4.69, 9.17) is 0 Å². The van der Waals surface area contributed by atoms with Crippen molar-refractivity contribution in [3.8, 4) is 16.9 Å². The number of carboxylic acids is 1. The van der Waals surface area contributed by atoms with E-state index in [2.05, 4.69) is 9.97 Å². The lowest BCUT2D eigenvalue weighted by atomic mass is 9.97. The van der Waals surface area contributed by atoms with Gasteiger partial charge in [-0.15, -0.1) is 0 Å². The number of carboxylic acid groups (broad SMARTS) is 1. The van der Waals surface area contributed by atoms with Gasteiger partial charge in [0.2, 0.25) is 0 Å². The van der Waals surface area contributed by atoms with E-state index in [0.717, 1.165) is 38.3 Å². The van der Waals surface area contributed by atoms with Crippen molar-refractivity contribution in [3.63, 3.8) is 0 Å². The van der Waals surface area contributed by atoms with Crippen LogP contribution in [0.2, 0.25) is 0 Å². The highest BCUT2D eigenvalue weighted by Gasteiger charge is 2.22. The van der Waals surface area contributed by atoms with Crippen LogP contribution >= 0.6 is 0 Å². The molecule has 26 heavy (non-hydrogen) atoms. The average Bonchev–Trinajstić information content (AvgIpc) is 3.22. The van der Waals surface area contributed by atoms with E-state index < -0.39 is 5.97 Å². The molecule has 0 saturated heterocycles. The van der Waals surface area contributed by atoms with Crippen LogP contribution in [-0.4, -0.2) is 26.2 Å². The van der Waals surface area contributed by atoms with Crippen LogP contribution in [0.3, 0.4) is 0 Å². The summed E-state index contributed by atoms with van der Waals surface area (Å²) < 4.78 is 0. The first-order valence-electron chi connectivity index (χ1n) is 8.21. The van der Waals surface area contributed by atoms with Gasteiger partial charge < -0.3 is 20.2 Å². The molecule has 0 aliphatic heterocycles. The molecule has 4 N–H and O–H groups in total. The van der Waals surface area contributed by atoms with E-state index in [1.807, 2.05) is 48.5 Å². The molecule has 0 aliphatic rings. The first-order chi connectivity index (χ1) is 12.6. The van der Waals surface area contributed by atoms with Crippen molar-refractivity contribution in [2.45, 2.75) is 0 Å². The maximum atomic E-state index is 11.7. The fourth-order valence-electron chi connectivity index (χ4n) is 3.68. The van der Waals surface area contributed by atoms with E-state index in [9.17, 15) is 15.0 Å². The van der Waals surface area contributed by atoms with Gasteiger partial charge in [-0.25, -0.2) is 4.79 Å². The molecule has 0 atom stereocenters. The highest BCUT2D eigenvalue weighted by Crippen LogP contribution is 2.43. The topological polar surface area (TPSA) is 89.1 Å². The number of phenols is 1. The van der Waals surface area contributed by atoms with Crippen molar-refractivity contribution in [2.24, 2.45) is 0 Å². The zero-order valence-electron chi connectivity index (χ0n) is 13.6. The van der Waals surface area contributed by atoms with Gasteiger partial charge in [0, 0.05) is 39.0 Å². The second kappa shape index (κ2) is 5.13. The first-order valence-corrected chi connectivity index (χ1v) is 8.21. The maximum Gasteiger partial charge on any atom is 0.339 e. The minimum absolute atomic E-state index is 0.109. The van der Waals surface area contributed by atoms with Crippen LogP contribution in [-0.2, 0) is 0 Å². The highest BCUT2D eigenvalue weighted by atomic mass is 16.4. The second-order valence-corrected chi connectivity index (χ2v) is 6.29. The van der Waals surface area contributed by atoms with E-state index in [0.29, 0.717) is 5.56 Å². The molecule has 0 fully saturated rings. The number of benzene rings is 3. The molecular weight excluding hydrogens is 328 g/mol. The van der Waals surface area contributed by atoms with Crippen LogP contribution in [0.4, 0.5) is 0 Å². The number of rotatable bonds is 2. The van der Waals surface area contributed by atoms with Gasteiger partial charge in [-0.05, 0) is 18.2 Å². The van der Waals surface area contributed by atoms with Crippen molar-refractivity contribution < 1.29 is 15.0 Å². The van der Waals surface area contributed by atoms with Crippen LogP contribution in [0, 0.1) is 0 Å². The summed E-state index contributed by atoms with van der Waals surface area (Å²) in [4.78, 5) is 18.3. The standard InChI is InChI=1S/C21H14N2O3/c24-20-14(21(25)26)9-13-11-5-2-4-8-17(11)23-19(13)18(20)15-10-22-16-7-3-1-6-12(15)16/h1-10,22-24H,(H,25,26). The number of carbonyl (C=O) groups is 1. The van der Waals surface area contributed by atoms with Crippen LogP contribution in [0.5, 0.6) is 5.75 Å². The smallest absolute Gasteiger partial charge is 0.339 e. The Morgan fingerprint density at radius 1 is 0.885 bits per heavy atom. The third kappa shape index (κ3) is 1.88. The molecule has 2 heterocycles. The SMILES string of the molecule is O=C(O)c1cc2c([nH]c3ccccc32)c(-c2c[nH]c3ccccc23)c1O. The quantitative estimate of drug-likeness (QED) is 0.369. The summed E-state index contributed by atoms with van der Waals surface area (Å²) in [5, 5.41) is 23.0. The summed E-state index contributed by atoms with van der Waals surface area (Å²) in [5.41, 5.74) is 3.68. The molecule has 0 radical (unpaired) electrons. The minimum atomic E-state index is -1.16. The van der Waals surface area contributed by atoms with Gasteiger partial charge in [-0.3, -0.25) is 0 Å². The van der Waals surface area contributed by atoms with Crippen molar-refractivity contribution in [2.75, 3.05) is 0 Å². The third-order valence-corrected chi connectivity index (χ3v) is 4.87. The number of hydrogen-bond donors (Lipinski definition) is 4. The molecule has 0 spiro atoms. The van der Waals surface area contributed by atoms with Gasteiger partial charge in [0.1, 0.15) is 11.3 Å². The lowest BCUT2D eigenvalue weighted by Gasteiger charge is -2.09. The summed E-state index contributed by atoms with van der Waals surface area (Å²) in [7, 11) is 0. The van der Waals surface area contributed by atoms with Crippen LogP contribution in [0.1, 0.15) is 10.4 Å². The monoisotopic (exact) mass is 342 g/mol. The summed E-state index contributed by atoms with van der Waals surface area (Å²) in [6.07, 6.45) is 1.80. The molecule has 5 aromatic rings. The number of H-pyrrole nitrogens is 2. The van der Waals surface area contributed by atoms with Crippen molar-refractivity contribution in [1.82, 2.24) is 9.97 Å². The van der Waals surface area contributed by atoms with Crippen molar-refractivity contribution in [1.29, 1.82) is 0 Å². The normalized spacial score (nSPS) is 11.5. The lowest BCUT2D eigenvalue weighted by molar-refractivity contribution is 0.0694. The van der Waals surface area contributed by atoms with Gasteiger partial charge in [0.25, 0.3) is 0 Å². The number of nitrogens with one attached hydrogen (secondary N) is 2. The number of aromatic carboxylic acids is 1. The Labute approximate surface area is 147 Å². The van der Waals surface area contributed by atoms with Gasteiger partial charge in [0.05, 0.1) is 11.1 Å². The van der Waals surface area contributed by atoms with Crippen LogP contribution < -0.4 is 0 Å². The molecule has 5 heteroatoms. The molecule has 5 rings (SSSR count). The van der Waals surface area contributed by atoms with Gasteiger partial charge in [-0.1, -0.05) is 36.4 Å². The Balaban J connectivity index is 2.00. The number of fused-ring (bicyclic) bond motifs is 4. The van der Waals surface area contributed by atoms with Crippen LogP contribution in [0.25, 0.3) is 43.8 Å². The fourth-order valence-corrected chi connectivity index (χ4v) is 3.68. The third-order valence-electron chi connectivity index (χ3n) is 4.87. The van der Waals surface area contributed by atoms with E-state index in [1.54, 1.807) is 6.20 Å². The van der Waals surface area contributed by atoms with Gasteiger partial charge >= 0.3 is 5.97 Å². The van der Waals surface area contributed by atoms with Crippen molar-refractivity contribution in [3.05, 3.63) is 66.4 Å². The number of para-hydroxylation sites is 2. The molecule has 0 aliphatic carbocycles. The molecule has 126 valence electrons. The molecule has 2 aromatic heterocycles. The van der Waals surface area contributed by atoms with Gasteiger partial charge in [0.15, 0.2) is 0 Å². The number of hydrogen-bond acceptors (Lipinski definition) is 2. The summed E-state index contributed by atoms with van der Waals surface area (Å²) >= 11 is 0. The fraction of sp³-hybridized carbons (Fsp3) is 0. The predicted molar refractivity (Wildman–Crippen MR) is 102 cm³/mol. The predicted octanol–water partition coefficient (Wildman–Crippen LogP) is 4.87.